The summed E-state index contributed by atoms with van der Waals surface area (Å²) in [6, 6.07) is 7.84. The van der Waals surface area contributed by atoms with Crippen LogP contribution in [0.5, 0.6) is 0 Å². The first-order chi connectivity index (χ1) is 9.45. The summed E-state index contributed by atoms with van der Waals surface area (Å²) in [5.74, 6) is -0.974. The number of hydrogen-bond donors (Lipinski definition) is 1. The SMILES string of the molecule is CC1CC(C(=O)O)CN(C(=O)Cc2ccc(I)cc2)C1. The number of nitrogens with zero attached hydrogens (tertiary/aromatic N) is 1. The molecule has 0 aliphatic carbocycles. The first-order valence-electron chi connectivity index (χ1n) is 6.70. The number of carboxylic acids is 1. The van der Waals surface area contributed by atoms with Crippen molar-refractivity contribution in [3.63, 3.8) is 0 Å². The van der Waals surface area contributed by atoms with Crippen LogP contribution in [0.3, 0.4) is 0 Å². The maximum absolute atomic E-state index is 12.3. The lowest BCUT2D eigenvalue weighted by Gasteiger charge is -2.34. The van der Waals surface area contributed by atoms with Crippen molar-refractivity contribution >= 4 is 34.5 Å². The Bertz CT molecular complexity index is 500. The second kappa shape index (κ2) is 6.56. The Morgan fingerprint density at radius 3 is 2.55 bits per heavy atom. The van der Waals surface area contributed by atoms with Gasteiger partial charge in [0.15, 0.2) is 0 Å². The van der Waals surface area contributed by atoms with Crippen molar-refractivity contribution in [2.24, 2.45) is 11.8 Å². The quantitative estimate of drug-likeness (QED) is 0.811. The van der Waals surface area contributed by atoms with Crippen LogP contribution in [0.4, 0.5) is 0 Å². The summed E-state index contributed by atoms with van der Waals surface area (Å²) in [6.45, 7) is 3.00. The van der Waals surface area contributed by atoms with Gasteiger partial charge in [0.05, 0.1) is 12.3 Å². The van der Waals surface area contributed by atoms with Crippen LogP contribution in [0.2, 0.25) is 0 Å². The van der Waals surface area contributed by atoms with Gasteiger partial charge in [-0.05, 0) is 52.6 Å². The van der Waals surface area contributed by atoms with Crippen molar-refractivity contribution in [1.29, 1.82) is 0 Å². The highest BCUT2D eigenvalue weighted by atomic mass is 127. The molecule has 0 saturated carbocycles. The molecule has 2 rings (SSSR count). The third-order valence-electron chi connectivity index (χ3n) is 3.63. The molecule has 108 valence electrons. The van der Waals surface area contributed by atoms with E-state index in [0.29, 0.717) is 25.9 Å². The number of aliphatic carboxylic acids is 1. The van der Waals surface area contributed by atoms with E-state index >= 15 is 0 Å². The fraction of sp³-hybridized carbons (Fsp3) is 0.467. The maximum atomic E-state index is 12.3. The van der Waals surface area contributed by atoms with Crippen LogP contribution in [-0.4, -0.2) is 35.0 Å². The fourth-order valence-electron chi connectivity index (χ4n) is 2.62. The van der Waals surface area contributed by atoms with Crippen molar-refractivity contribution in [2.45, 2.75) is 19.8 Å². The minimum atomic E-state index is -0.802. The van der Waals surface area contributed by atoms with E-state index in [9.17, 15) is 9.59 Å². The number of carbonyl (C=O) groups excluding carboxylic acids is 1. The van der Waals surface area contributed by atoms with Crippen LogP contribution in [0, 0.1) is 15.4 Å². The topological polar surface area (TPSA) is 57.6 Å². The lowest BCUT2D eigenvalue weighted by molar-refractivity contribution is -0.146. The molecule has 5 heteroatoms. The summed E-state index contributed by atoms with van der Waals surface area (Å²) in [6.07, 6.45) is 0.999. The van der Waals surface area contributed by atoms with Gasteiger partial charge in [0.1, 0.15) is 0 Å². The molecule has 1 N–H and O–H groups in total. The minimum absolute atomic E-state index is 0.0176. The number of likely N-dealkylation sites (tertiary alicyclic amines) is 1. The molecule has 2 unspecified atom stereocenters. The van der Waals surface area contributed by atoms with E-state index in [-0.39, 0.29) is 11.8 Å². The molecule has 20 heavy (non-hydrogen) atoms. The van der Waals surface area contributed by atoms with Crippen LogP contribution in [-0.2, 0) is 16.0 Å². The third-order valence-corrected chi connectivity index (χ3v) is 4.35. The zero-order valence-corrected chi connectivity index (χ0v) is 13.5. The Morgan fingerprint density at radius 1 is 1.30 bits per heavy atom. The van der Waals surface area contributed by atoms with Gasteiger partial charge in [0, 0.05) is 16.7 Å². The molecule has 4 nitrogen and oxygen atoms in total. The number of hydrogen-bond acceptors (Lipinski definition) is 2. The highest BCUT2D eigenvalue weighted by molar-refractivity contribution is 14.1. The Kier molecular flexibility index (Phi) is 5.01. The molecule has 1 aromatic rings. The van der Waals surface area contributed by atoms with Crippen LogP contribution >= 0.6 is 22.6 Å². The normalized spacial score (nSPS) is 22.6. The van der Waals surface area contributed by atoms with E-state index < -0.39 is 11.9 Å². The van der Waals surface area contributed by atoms with Crippen LogP contribution < -0.4 is 0 Å². The van der Waals surface area contributed by atoms with E-state index in [4.69, 9.17) is 5.11 Å². The number of amides is 1. The third kappa shape index (κ3) is 3.94. The summed E-state index contributed by atoms with van der Waals surface area (Å²) in [5.41, 5.74) is 0.973. The molecule has 1 amide bonds. The molecular formula is C15H18INO3. The standard InChI is InChI=1S/C15H18INO3/c1-10-6-12(15(19)20)9-17(8-10)14(18)7-11-2-4-13(16)5-3-11/h2-5,10,12H,6-9H2,1H3,(H,19,20). The van der Waals surface area contributed by atoms with Crippen molar-refractivity contribution in [1.82, 2.24) is 4.90 Å². The number of halogens is 1. The maximum Gasteiger partial charge on any atom is 0.308 e. The highest BCUT2D eigenvalue weighted by Gasteiger charge is 2.31. The number of carbonyl (C=O) groups is 2. The molecule has 0 aromatic heterocycles. The summed E-state index contributed by atoms with van der Waals surface area (Å²) in [5, 5.41) is 9.14. The molecular weight excluding hydrogens is 369 g/mol. The first kappa shape index (κ1) is 15.3. The van der Waals surface area contributed by atoms with Gasteiger partial charge in [-0.3, -0.25) is 9.59 Å². The predicted octanol–water partition coefficient (Wildman–Crippen LogP) is 2.40. The molecule has 0 bridgehead atoms. The molecule has 1 saturated heterocycles. The molecule has 1 aliphatic heterocycles. The zero-order valence-electron chi connectivity index (χ0n) is 11.4. The number of piperidine rings is 1. The van der Waals surface area contributed by atoms with E-state index in [0.717, 1.165) is 9.13 Å². The largest absolute Gasteiger partial charge is 0.481 e. The highest BCUT2D eigenvalue weighted by Crippen LogP contribution is 2.22. The van der Waals surface area contributed by atoms with Crippen LogP contribution in [0.1, 0.15) is 18.9 Å². The Hall–Kier alpha value is -1.11. The average Bonchev–Trinajstić information content (AvgIpc) is 2.40. The smallest absolute Gasteiger partial charge is 0.308 e. The van der Waals surface area contributed by atoms with E-state index in [1.54, 1.807) is 4.90 Å². The summed E-state index contributed by atoms with van der Waals surface area (Å²) in [4.78, 5) is 25.1. The van der Waals surface area contributed by atoms with Crippen molar-refractivity contribution in [2.75, 3.05) is 13.1 Å². The molecule has 1 aliphatic rings. The van der Waals surface area contributed by atoms with Gasteiger partial charge in [-0.2, -0.15) is 0 Å². The Morgan fingerprint density at radius 2 is 1.95 bits per heavy atom. The number of rotatable bonds is 3. The van der Waals surface area contributed by atoms with Gasteiger partial charge in [-0.25, -0.2) is 0 Å². The lowest BCUT2D eigenvalue weighted by Crippen LogP contribution is -2.46. The van der Waals surface area contributed by atoms with Crippen molar-refractivity contribution in [3.8, 4) is 0 Å². The van der Waals surface area contributed by atoms with Crippen molar-refractivity contribution < 1.29 is 14.7 Å². The zero-order chi connectivity index (χ0) is 14.7. The van der Waals surface area contributed by atoms with Gasteiger partial charge in [0.2, 0.25) is 5.91 Å². The predicted molar refractivity (Wildman–Crippen MR) is 84.3 cm³/mol. The number of carboxylic acid groups (broad SMARTS) is 1. The molecule has 2 atom stereocenters. The molecule has 1 fully saturated rings. The van der Waals surface area contributed by atoms with E-state index in [1.807, 2.05) is 31.2 Å². The van der Waals surface area contributed by atoms with Gasteiger partial charge < -0.3 is 10.0 Å². The average molecular weight is 387 g/mol. The summed E-state index contributed by atoms with van der Waals surface area (Å²) >= 11 is 2.23. The first-order valence-corrected chi connectivity index (χ1v) is 7.78. The van der Waals surface area contributed by atoms with Crippen molar-refractivity contribution in [3.05, 3.63) is 33.4 Å². The second-order valence-corrected chi connectivity index (χ2v) is 6.72. The van der Waals surface area contributed by atoms with Gasteiger partial charge >= 0.3 is 5.97 Å². The molecule has 0 radical (unpaired) electrons. The molecule has 0 spiro atoms. The van der Waals surface area contributed by atoms with Gasteiger partial charge in [0.25, 0.3) is 0 Å². The lowest BCUT2D eigenvalue weighted by atomic mass is 9.90. The van der Waals surface area contributed by atoms with Crippen LogP contribution in [0.15, 0.2) is 24.3 Å². The number of benzene rings is 1. The van der Waals surface area contributed by atoms with Gasteiger partial charge in [-0.15, -0.1) is 0 Å². The van der Waals surface area contributed by atoms with E-state index in [1.165, 1.54) is 0 Å². The van der Waals surface area contributed by atoms with Gasteiger partial charge in [-0.1, -0.05) is 19.1 Å². The molecule has 1 heterocycles. The second-order valence-electron chi connectivity index (χ2n) is 5.48. The molecule has 1 aromatic carbocycles. The van der Waals surface area contributed by atoms with Crippen LogP contribution in [0.25, 0.3) is 0 Å². The minimum Gasteiger partial charge on any atom is -0.481 e. The Balaban J connectivity index is 2.01. The Labute approximate surface area is 132 Å². The summed E-state index contributed by atoms with van der Waals surface area (Å²) in [7, 11) is 0. The summed E-state index contributed by atoms with van der Waals surface area (Å²) < 4.78 is 1.14. The fourth-order valence-corrected chi connectivity index (χ4v) is 2.98. The monoisotopic (exact) mass is 387 g/mol. The van der Waals surface area contributed by atoms with E-state index in [2.05, 4.69) is 22.6 Å².